The number of nitrogens with zero attached hydrogens (tertiary/aromatic N) is 3. The first-order valence-electron chi connectivity index (χ1n) is 11.6. The van der Waals surface area contributed by atoms with Gasteiger partial charge in [0.15, 0.2) is 0 Å². The highest BCUT2D eigenvalue weighted by Gasteiger charge is 2.48. The van der Waals surface area contributed by atoms with Crippen LogP contribution in [0.1, 0.15) is 28.4 Å². The number of nitrogens with one attached hydrogen (secondary N) is 1. The number of benzene rings is 3. The maximum absolute atomic E-state index is 13.8. The minimum Gasteiger partial charge on any atom is -0.733 e. The standard InChI is InChI=1S/C27H22ClN4O4/c28-21-10-3-1-6-17(21)14-30-15-24(33)31-23(27(30)34)13-20-19-9-2-4-11-22(19)29-25(20)26(31)16-7-5-8-18(12-16)32(35)36/h1-12,23,26,29,35H,13-15H2/q-1. The molecule has 36 heavy (non-hydrogen) atoms. The molecule has 2 amide bonds. The van der Waals surface area contributed by atoms with E-state index in [0.717, 1.165) is 27.7 Å². The molecule has 3 aromatic carbocycles. The highest BCUT2D eigenvalue weighted by molar-refractivity contribution is 6.31. The van der Waals surface area contributed by atoms with Gasteiger partial charge in [-0.15, -0.1) is 0 Å². The lowest BCUT2D eigenvalue weighted by Crippen LogP contribution is -2.62. The number of aromatic amines is 1. The molecule has 2 unspecified atom stereocenters. The van der Waals surface area contributed by atoms with Gasteiger partial charge in [-0.05, 0) is 41.0 Å². The second-order valence-corrected chi connectivity index (χ2v) is 9.55. The lowest BCUT2D eigenvalue weighted by molar-refractivity contribution is -0.159. The molecule has 4 aromatic rings. The van der Waals surface area contributed by atoms with E-state index < -0.39 is 12.1 Å². The van der Waals surface area contributed by atoms with Crippen molar-refractivity contribution in [1.82, 2.24) is 14.8 Å². The number of hydrogen-bond donors (Lipinski definition) is 2. The molecule has 1 aromatic heterocycles. The molecule has 6 rings (SSSR count). The summed E-state index contributed by atoms with van der Waals surface area (Å²) in [7, 11) is 0. The highest BCUT2D eigenvalue weighted by atomic mass is 35.5. The second kappa shape index (κ2) is 8.67. The maximum atomic E-state index is 13.8. The summed E-state index contributed by atoms with van der Waals surface area (Å²) in [6, 6.07) is 20.3. The van der Waals surface area contributed by atoms with E-state index in [0.29, 0.717) is 17.0 Å². The predicted molar refractivity (Wildman–Crippen MR) is 135 cm³/mol. The van der Waals surface area contributed by atoms with Crippen molar-refractivity contribution in [3.05, 3.63) is 105 Å². The molecular formula is C27H22ClN4O4-. The fourth-order valence-corrected chi connectivity index (χ4v) is 5.65. The number of carbonyl (C=O) groups excluding carboxylic acids is 2. The van der Waals surface area contributed by atoms with Gasteiger partial charge in [-0.2, -0.15) is 0 Å². The van der Waals surface area contributed by atoms with Crippen LogP contribution in [0.5, 0.6) is 0 Å². The Bertz CT molecular complexity index is 1500. The molecule has 0 spiro atoms. The van der Waals surface area contributed by atoms with Crippen molar-refractivity contribution in [2.75, 3.05) is 11.8 Å². The van der Waals surface area contributed by atoms with Gasteiger partial charge in [0.05, 0.1) is 11.7 Å². The van der Waals surface area contributed by atoms with Gasteiger partial charge in [-0.25, -0.2) is 0 Å². The quantitative estimate of drug-likeness (QED) is 0.403. The molecule has 2 aliphatic heterocycles. The lowest BCUT2D eigenvalue weighted by atomic mass is 9.86. The van der Waals surface area contributed by atoms with Crippen molar-refractivity contribution in [1.29, 1.82) is 0 Å². The first-order valence-corrected chi connectivity index (χ1v) is 12.0. The van der Waals surface area contributed by atoms with Gasteiger partial charge in [0.1, 0.15) is 12.6 Å². The highest BCUT2D eigenvalue weighted by Crippen LogP contribution is 2.43. The number of rotatable bonds is 4. The van der Waals surface area contributed by atoms with Gasteiger partial charge >= 0.3 is 0 Å². The van der Waals surface area contributed by atoms with Crippen molar-refractivity contribution in [3.63, 3.8) is 0 Å². The number of aromatic nitrogens is 1. The van der Waals surface area contributed by atoms with E-state index in [9.17, 15) is 20.0 Å². The van der Waals surface area contributed by atoms with Crippen molar-refractivity contribution in [3.8, 4) is 0 Å². The van der Waals surface area contributed by atoms with E-state index >= 15 is 0 Å². The van der Waals surface area contributed by atoms with Crippen LogP contribution >= 0.6 is 11.6 Å². The molecule has 0 bridgehead atoms. The molecule has 1 saturated heterocycles. The van der Waals surface area contributed by atoms with Crippen LogP contribution in [0.25, 0.3) is 10.9 Å². The summed E-state index contributed by atoms with van der Waals surface area (Å²) < 4.78 is 0. The first-order chi connectivity index (χ1) is 17.4. The van der Waals surface area contributed by atoms with Crippen molar-refractivity contribution in [2.45, 2.75) is 25.0 Å². The number of carbonyl (C=O) groups is 2. The zero-order valence-corrected chi connectivity index (χ0v) is 19.9. The van der Waals surface area contributed by atoms with Crippen LogP contribution in [0.15, 0.2) is 72.8 Å². The molecule has 2 atom stereocenters. The second-order valence-electron chi connectivity index (χ2n) is 9.14. The van der Waals surface area contributed by atoms with Crippen molar-refractivity contribution >= 4 is 40.0 Å². The summed E-state index contributed by atoms with van der Waals surface area (Å²) in [6.07, 6.45) is 0.368. The van der Waals surface area contributed by atoms with E-state index in [1.54, 1.807) is 34.1 Å². The molecule has 182 valence electrons. The lowest BCUT2D eigenvalue weighted by Gasteiger charge is -2.47. The van der Waals surface area contributed by atoms with Crippen LogP contribution < -0.4 is 5.23 Å². The van der Waals surface area contributed by atoms with Crippen LogP contribution in [0.2, 0.25) is 5.02 Å². The Kier molecular flexibility index (Phi) is 5.44. The number of piperazine rings is 1. The molecule has 2 N–H and O–H groups in total. The van der Waals surface area contributed by atoms with Gasteiger partial charge in [-0.3, -0.25) is 14.8 Å². The van der Waals surface area contributed by atoms with Gasteiger partial charge in [0.25, 0.3) is 0 Å². The predicted octanol–water partition coefficient (Wildman–Crippen LogP) is 4.40. The Labute approximate surface area is 211 Å². The fraction of sp³-hybridized carbons (Fsp3) is 0.185. The summed E-state index contributed by atoms with van der Waals surface area (Å²) in [5.74, 6) is -0.353. The molecule has 0 saturated carbocycles. The zero-order valence-electron chi connectivity index (χ0n) is 19.1. The number of para-hydroxylation sites is 1. The van der Waals surface area contributed by atoms with E-state index in [2.05, 4.69) is 4.98 Å². The third-order valence-corrected chi connectivity index (χ3v) is 7.44. The zero-order chi connectivity index (χ0) is 25.0. The molecule has 9 heteroatoms. The molecule has 3 heterocycles. The normalized spacial score (nSPS) is 19.4. The van der Waals surface area contributed by atoms with E-state index in [1.807, 2.05) is 42.5 Å². The number of amides is 2. The number of halogens is 1. The van der Waals surface area contributed by atoms with Crippen molar-refractivity contribution in [2.24, 2.45) is 0 Å². The first kappa shape index (κ1) is 22.6. The van der Waals surface area contributed by atoms with Crippen LogP contribution in [0, 0.1) is 5.21 Å². The SMILES string of the molecule is O=C1C2Cc3c([nH]c4ccccc34)C(c3cccc(N([O-])O)c3)N2C(=O)CN1Cc1ccccc1Cl. The summed E-state index contributed by atoms with van der Waals surface area (Å²) >= 11 is 6.34. The summed E-state index contributed by atoms with van der Waals surface area (Å²) in [6.45, 7) is 0.158. The molecule has 8 nitrogen and oxygen atoms in total. The van der Waals surface area contributed by atoms with Gasteiger partial charge in [0, 0.05) is 34.6 Å². The average molecular weight is 502 g/mol. The van der Waals surface area contributed by atoms with Crippen LogP contribution in [-0.4, -0.2) is 44.4 Å². The molecule has 0 radical (unpaired) electrons. The van der Waals surface area contributed by atoms with Gasteiger partial charge in [-0.1, -0.05) is 60.1 Å². The topological polar surface area (TPSA) is 103 Å². The molecule has 2 aliphatic rings. The number of anilines is 1. The number of fused-ring (bicyclic) bond motifs is 4. The third-order valence-electron chi connectivity index (χ3n) is 7.07. The number of H-pyrrole nitrogens is 1. The Hall–Kier alpha value is -3.85. The van der Waals surface area contributed by atoms with Gasteiger partial charge in [0.2, 0.25) is 11.8 Å². The van der Waals surface area contributed by atoms with Crippen LogP contribution in [0.3, 0.4) is 0 Å². The van der Waals surface area contributed by atoms with Crippen molar-refractivity contribution < 1.29 is 14.8 Å². The Morgan fingerprint density at radius 1 is 1.06 bits per heavy atom. The van der Waals surface area contributed by atoms with E-state index in [1.165, 1.54) is 6.07 Å². The maximum Gasteiger partial charge on any atom is 0.246 e. The van der Waals surface area contributed by atoms with E-state index in [4.69, 9.17) is 11.6 Å². The largest absolute Gasteiger partial charge is 0.733 e. The Morgan fingerprint density at radius 3 is 2.64 bits per heavy atom. The third kappa shape index (κ3) is 3.62. The monoisotopic (exact) mass is 501 g/mol. The summed E-state index contributed by atoms with van der Waals surface area (Å²) in [5.41, 5.74) is 4.12. The summed E-state index contributed by atoms with van der Waals surface area (Å²) in [4.78, 5) is 34.1. The minimum absolute atomic E-state index is 0.0448. The Balaban J connectivity index is 1.47. The molecular weight excluding hydrogens is 480 g/mol. The molecule has 0 aliphatic carbocycles. The minimum atomic E-state index is -0.716. The van der Waals surface area contributed by atoms with E-state index in [-0.39, 0.29) is 35.8 Å². The van der Waals surface area contributed by atoms with Crippen LogP contribution in [-0.2, 0) is 22.6 Å². The number of hydrogen-bond acceptors (Lipinski definition) is 5. The smallest absolute Gasteiger partial charge is 0.246 e. The summed E-state index contributed by atoms with van der Waals surface area (Å²) in [5, 5.41) is 22.5. The van der Waals surface area contributed by atoms with Gasteiger partial charge < -0.3 is 25.2 Å². The Morgan fingerprint density at radius 2 is 1.83 bits per heavy atom. The fourth-order valence-electron chi connectivity index (χ4n) is 5.45. The molecule has 1 fully saturated rings. The van der Waals surface area contributed by atoms with Crippen LogP contribution in [0.4, 0.5) is 5.69 Å². The average Bonchev–Trinajstić information content (AvgIpc) is 3.25.